The number of aliphatic carboxylic acids is 1. The van der Waals surface area contributed by atoms with Gasteiger partial charge in [-0.15, -0.1) is 0 Å². The number of carboxylic acid groups (broad SMARTS) is 1. The molecule has 2 atom stereocenters. The summed E-state index contributed by atoms with van der Waals surface area (Å²) in [7, 11) is 0. The van der Waals surface area contributed by atoms with Gasteiger partial charge >= 0.3 is 5.97 Å². The number of carbonyl (C=O) groups is 2. The monoisotopic (exact) mass is 262 g/mol. The first kappa shape index (κ1) is 13.5. The Hall–Kier alpha value is -1.91. The van der Waals surface area contributed by atoms with Crippen molar-refractivity contribution in [2.45, 2.75) is 26.3 Å². The Balaban J connectivity index is 2.36. The first-order valence-corrected chi connectivity index (χ1v) is 6.43. The second-order valence-corrected chi connectivity index (χ2v) is 5.31. The molecule has 102 valence electrons. The topological polar surface area (TPSA) is 70.5 Å². The molecule has 2 heterocycles. The van der Waals surface area contributed by atoms with Crippen molar-refractivity contribution < 1.29 is 14.7 Å². The number of likely N-dealkylation sites (tertiary alicyclic amines) is 1. The van der Waals surface area contributed by atoms with E-state index in [0.29, 0.717) is 12.5 Å². The molecule has 0 bridgehead atoms. The lowest BCUT2D eigenvalue weighted by Crippen LogP contribution is -2.33. The number of aromatic nitrogens is 1. The lowest BCUT2D eigenvalue weighted by Gasteiger charge is -2.28. The van der Waals surface area contributed by atoms with Gasteiger partial charge < -0.3 is 10.0 Å². The van der Waals surface area contributed by atoms with Crippen molar-refractivity contribution in [2.75, 3.05) is 6.54 Å². The molecule has 1 amide bonds. The highest BCUT2D eigenvalue weighted by atomic mass is 16.4. The third-order valence-electron chi connectivity index (χ3n) is 3.36. The number of pyridine rings is 1. The zero-order valence-corrected chi connectivity index (χ0v) is 11.1. The van der Waals surface area contributed by atoms with E-state index in [-0.39, 0.29) is 18.4 Å². The van der Waals surface area contributed by atoms with Crippen molar-refractivity contribution in [3.8, 4) is 0 Å². The van der Waals surface area contributed by atoms with E-state index in [1.165, 1.54) is 0 Å². The summed E-state index contributed by atoms with van der Waals surface area (Å²) in [5.41, 5.74) is 0.842. The van der Waals surface area contributed by atoms with Crippen LogP contribution in [0.25, 0.3) is 0 Å². The van der Waals surface area contributed by atoms with Crippen LogP contribution in [-0.4, -0.2) is 33.4 Å². The van der Waals surface area contributed by atoms with Crippen LogP contribution < -0.4 is 0 Å². The maximum absolute atomic E-state index is 12.1. The Morgan fingerprint density at radius 2 is 2.11 bits per heavy atom. The largest absolute Gasteiger partial charge is 0.481 e. The molecule has 5 heteroatoms. The van der Waals surface area contributed by atoms with Gasteiger partial charge in [-0.3, -0.25) is 14.6 Å². The fourth-order valence-electron chi connectivity index (χ4n) is 2.59. The van der Waals surface area contributed by atoms with Gasteiger partial charge in [0.1, 0.15) is 0 Å². The molecule has 2 unspecified atom stereocenters. The number of nitrogens with zero attached hydrogens (tertiary/aromatic N) is 2. The van der Waals surface area contributed by atoms with E-state index in [4.69, 9.17) is 0 Å². The first-order chi connectivity index (χ1) is 9.00. The van der Waals surface area contributed by atoms with Crippen molar-refractivity contribution in [1.29, 1.82) is 0 Å². The smallest absolute Gasteiger partial charge is 0.309 e. The molecule has 0 aliphatic carbocycles. The summed E-state index contributed by atoms with van der Waals surface area (Å²) >= 11 is 0. The van der Waals surface area contributed by atoms with E-state index in [9.17, 15) is 14.7 Å². The number of amides is 1. The summed E-state index contributed by atoms with van der Waals surface area (Å²) in [6.07, 6.45) is 3.34. The van der Waals surface area contributed by atoms with Crippen LogP contribution in [0.15, 0.2) is 24.5 Å². The van der Waals surface area contributed by atoms with Crippen LogP contribution in [0.2, 0.25) is 0 Å². The molecule has 0 aromatic carbocycles. The minimum Gasteiger partial charge on any atom is -0.481 e. The summed E-state index contributed by atoms with van der Waals surface area (Å²) in [5, 5.41) is 9.32. The molecule has 1 aliphatic heterocycles. The number of hydrogen-bond donors (Lipinski definition) is 1. The lowest BCUT2D eigenvalue weighted by molar-refractivity contribution is -0.142. The SMILES string of the molecule is CC(C)CN1C(=O)CC(C(=O)O)C1c1ccncc1. The molecule has 0 saturated carbocycles. The molecule has 1 fully saturated rings. The van der Waals surface area contributed by atoms with Gasteiger partial charge in [0.15, 0.2) is 0 Å². The van der Waals surface area contributed by atoms with E-state index in [0.717, 1.165) is 5.56 Å². The molecule has 1 saturated heterocycles. The highest BCUT2D eigenvalue weighted by molar-refractivity contribution is 5.87. The summed E-state index contributed by atoms with van der Waals surface area (Å²) in [4.78, 5) is 29.1. The molecule has 1 aromatic rings. The first-order valence-electron chi connectivity index (χ1n) is 6.43. The van der Waals surface area contributed by atoms with Gasteiger partial charge in [0, 0.05) is 25.4 Å². The van der Waals surface area contributed by atoms with Gasteiger partial charge in [-0.05, 0) is 23.6 Å². The molecule has 19 heavy (non-hydrogen) atoms. The van der Waals surface area contributed by atoms with E-state index in [1.807, 2.05) is 13.8 Å². The van der Waals surface area contributed by atoms with Gasteiger partial charge in [-0.25, -0.2) is 0 Å². The Kier molecular flexibility index (Phi) is 3.83. The van der Waals surface area contributed by atoms with E-state index >= 15 is 0 Å². The molecule has 0 spiro atoms. The molecule has 1 aromatic heterocycles. The number of hydrogen-bond acceptors (Lipinski definition) is 3. The third-order valence-corrected chi connectivity index (χ3v) is 3.36. The predicted molar refractivity (Wildman–Crippen MR) is 69.3 cm³/mol. The zero-order valence-electron chi connectivity index (χ0n) is 11.1. The van der Waals surface area contributed by atoms with Gasteiger partial charge in [0.25, 0.3) is 0 Å². The standard InChI is InChI=1S/C14H18N2O3/c1-9(2)8-16-12(17)7-11(14(18)19)13(16)10-3-5-15-6-4-10/h3-6,9,11,13H,7-8H2,1-2H3,(H,18,19). The molecule has 1 aliphatic rings. The highest BCUT2D eigenvalue weighted by Crippen LogP contribution is 2.38. The molecule has 2 rings (SSSR count). The molecule has 5 nitrogen and oxygen atoms in total. The Morgan fingerprint density at radius 3 is 2.63 bits per heavy atom. The second-order valence-electron chi connectivity index (χ2n) is 5.31. The third kappa shape index (κ3) is 2.75. The molecular weight excluding hydrogens is 244 g/mol. The van der Waals surface area contributed by atoms with Crippen LogP contribution in [0.4, 0.5) is 0 Å². The number of carboxylic acids is 1. The van der Waals surface area contributed by atoms with Crippen LogP contribution in [0.3, 0.4) is 0 Å². The maximum Gasteiger partial charge on any atom is 0.309 e. The lowest BCUT2D eigenvalue weighted by atomic mass is 9.94. The van der Waals surface area contributed by atoms with Crippen molar-refractivity contribution in [2.24, 2.45) is 11.8 Å². The summed E-state index contributed by atoms with van der Waals surface area (Å²) in [6, 6.07) is 3.19. The predicted octanol–water partition coefficient (Wildman–Crippen LogP) is 1.71. The van der Waals surface area contributed by atoms with Crippen molar-refractivity contribution >= 4 is 11.9 Å². The highest BCUT2D eigenvalue weighted by Gasteiger charge is 2.44. The van der Waals surface area contributed by atoms with E-state index < -0.39 is 11.9 Å². The van der Waals surface area contributed by atoms with Gasteiger partial charge in [0.2, 0.25) is 5.91 Å². The normalized spacial score (nSPS) is 23.1. The fraction of sp³-hybridized carbons (Fsp3) is 0.500. The van der Waals surface area contributed by atoms with Gasteiger partial charge in [-0.1, -0.05) is 13.8 Å². The molecule has 0 radical (unpaired) electrons. The fourth-order valence-corrected chi connectivity index (χ4v) is 2.59. The quantitative estimate of drug-likeness (QED) is 0.896. The maximum atomic E-state index is 12.1. The minimum atomic E-state index is -0.915. The molecular formula is C14H18N2O3. The van der Waals surface area contributed by atoms with Crippen LogP contribution in [0.1, 0.15) is 31.9 Å². The summed E-state index contributed by atoms with van der Waals surface area (Å²) in [5.74, 6) is -1.36. The van der Waals surface area contributed by atoms with Crippen molar-refractivity contribution in [3.63, 3.8) is 0 Å². The number of rotatable bonds is 4. The molecule has 1 N–H and O–H groups in total. The van der Waals surface area contributed by atoms with Crippen LogP contribution in [-0.2, 0) is 9.59 Å². The van der Waals surface area contributed by atoms with Crippen molar-refractivity contribution in [3.05, 3.63) is 30.1 Å². The van der Waals surface area contributed by atoms with E-state index in [1.54, 1.807) is 29.4 Å². The van der Waals surface area contributed by atoms with Crippen molar-refractivity contribution in [1.82, 2.24) is 9.88 Å². The zero-order chi connectivity index (χ0) is 14.0. The Bertz CT molecular complexity index is 473. The van der Waals surface area contributed by atoms with Gasteiger partial charge in [0.05, 0.1) is 12.0 Å². The average molecular weight is 262 g/mol. The van der Waals surface area contributed by atoms with E-state index in [2.05, 4.69) is 4.98 Å². The van der Waals surface area contributed by atoms with Gasteiger partial charge in [-0.2, -0.15) is 0 Å². The summed E-state index contributed by atoms with van der Waals surface area (Å²) < 4.78 is 0. The Morgan fingerprint density at radius 1 is 1.47 bits per heavy atom. The second kappa shape index (κ2) is 5.38. The summed E-state index contributed by atoms with van der Waals surface area (Å²) in [6.45, 7) is 4.62. The Labute approximate surface area is 112 Å². The number of carbonyl (C=O) groups excluding carboxylic acids is 1. The van der Waals surface area contributed by atoms with Crippen LogP contribution in [0.5, 0.6) is 0 Å². The minimum absolute atomic E-state index is 0.0784. The van der Waals surface area contributed by atoms with Crippen LogP contribution in [0, 0.1) is 11.8 Å². The average Bonchev–Trinajstić information content (AvgIpc) is 2.68. The van der Waals surface area contributed by atoms with Crippen LogP contribution >= 0.6 is 0 Å².